The smallest absolute Gasteiger partial charge is 0.247 e. The van der Waals surface area contributed by atoms with E-state index in [2.05, 4.69) is 5.32 Å². The molecular weight excluding hydrogens is 299 g/mol. The molecule has 0 bridgehead atoms. The molecule has 0 saturated carbocycles. The van der Waals surface area contributed by atoms with E-state index in [-0.39, 0.29) is 11.8 Å². The number of carbonyl (C=O) groups is 2. The molecule has 4 nitrogen and oxygen atoms in total. The first-order valence-electron chi connectivity index (χ1n) is 6.20. The normalized spacial score (nSPS) is 19.2. The Labute approximate surface area is 127 Å². The van der Waals surface area contributed by atoms with Crippen LogP contribution in [0.15, 0.2) is 24.3 Å². The van der Waals surface area contributed by atoms with Gasteiger partial charge in [0, 0.05) is 29.2 Å². The maximum absolute atomic E-state index is 12.1. The van der Waals surface area contributed by atoms with Crippen LogP contribution in [0.1, 0.15) is 12.5 Å². The number of nitrogens with one attached hydrogen (secondary N) is 1. The van der Waals surface area contributed by atoms with E-state index in [1.165, 1.54) is 11.0 Å². The first-order chi connectivity index (χ1) is 9.49. The van der Waals surface area contributed by atoms with Gasteiger partial charge in [0.05, 0.1) is 0 Å². The van der Waals surface area contributed by atoms with E-state index in [1.54, 1.807) is 31.2 Å². The van der Waals surface area contributed by atoms with Crippen molar-refractivity contribution in [2.75, 3.05) is 13.1 Å². The average molecular weight is 313 g/mol. The van der Waals surface area contributed by atoms with Crippen LogP contribution in [-0.2, 0) is 9.59 Å². The third kappa shape index (κ3) is 3.32. The number of amides is 2. The second-order valence-corrected chi connectivity index (χ2v) is 5.34. The topological polar surface area (TPSA) is 49.4 Å². The van der Waals surface area contributed by atoms with Crippen molar-refractivity contribution < 1.29 is 9.59 Å². The monoisotopic (exact) mass is 312 g/mol. The summed E-state index contributed by atoms with van der Waals surface area (Å²) < 4.78 is 0. The van der Waals surface area contributed by atoms with Gasteiger partial charge in [0.25, 0.3) is 0 Å². The Morgan fingerprint density at radius 3 is 2.95 bits per heavy atom. The number of hydrogen-bond acceptors (Lipinski definition) is 2. The van der Waals surface area contributed by atoms with Gasteiger partial charge >= 0.3 is 0 Å². The minimum absolute atomic E-state index is 0.140. The molecule has 1 unspecified atom stereocenters. The van der Waals surface area contributed by atoms with Gasteiger partial charge in [-0.15, -0.1) is 0 Å². The molecule has 1 aliphatic heterocycles. The summed E-state index contributed by atoms with van der Waals surface area (Å²) >= 11 is 11.9. The van der Waals surface area contributed by atoms with Crippen molar-refractivity contribution in [2.24, 2.45) is 0 Å². The zero-order valence-electron chi connectivity index (χ0n) is 10.9. The molecule has 2 rings (SSSR count). The summed E-state index contributed by atoms with van der Waals surface area (Å²) in [7, 11) is 0. The molecule has 1 aromatic carbocycles. The Balaban J connectivity index is 2.12. The summed E-state index contributed by atoms with van der Waals surface area (Å²) in [6, 6.07) is 4.57. The second kappa shape index (κ2) is 6.29. The van der Waals surface area contributed by atoms with E-state index in [0.717, 1.165) is 0 Å². The second-order valence-electron chi connectivity index (χ2n) is 4.50. The number of rotatable bonds is 2. The van der Waals surface area contributed by atoms with Crippen LogP contribution in [0.4, 0.5) is 0 Å². The van der Waals surface area contributed by atoms with E-state index in [9.17, 15) is 9.59 Å². The van der Waals surface area contributed by atoms with Gasteiger partial charge in [-0.1, -0.05) is 23.2 Å². The lowest BCUT2D eigenvalue weighted by molar-refractivity contribution is -0.139. The Morgan fingerprint density at radius 1 is 1.45 bits per heavy atom. The maximum Gasteiger partial charge on any atom is 0.247 e. The highest BCUT2D eigenvalue weighted by Gasteiger charge is 2.27. The maximum atomic E-state index is 12.1. The predicted octanol–water partition coefficient (Wildman–Crippen LogP) is 2.35. The standard InChI is InChI=1S/C14H14Cl2N2O2/c1-9-14(20)17-6-7-18(9)13(19)5-2-10-8-11(15)3-4-12(10)16/h2-5,8-9H,6-7H2,1H3,(H,17,20). The highest BCUT2D eigenvalue weighted by atomic mass is 35.5. The molecule has 1 atom stereocenters. The minimum atomic E-state index is -0.462. The van der Waals surface area contributed by atoms with E-state index < -0.39 is 6.04 Å². The third-order valence-electron chi connectivity index (χ3n) is 3.15. The summed E-state index contributed by atoms with van der Waals surface area (Å²) in [6.45, 7) is 2.67. The van der Waals surface area contributed by atoms with Gasteiger partial charge in [-0.3, -0.25) is 9.59 Å². The molecular formula is C14H14Cl2N2O2. The summed E-state index contributed by atoms with van der Waals surface area (Å²) in [5.41, 5.74) is 0.668. The molecule has 20 heavy (non-hydrogen) atoms. The quantitative estimate of drug-likeness (QED) is 0.852. The van der Waals surface area contributed by atoms with Gasteiger partial charge in [0.15, 0.2) is 0 Å². The summed E-state index contributed by atoms with van der Waals surface area (Å²) in [5, 5.41) is 3.78. The Hall–Kier alpha value is -1.52. The molecule has 1 aliphatic rings. The van der Waals surface area contributed by atoms with E-state index >= 15 is 0 Å². The lowest BCUT2D eigenvalue weighted by atomic mass is 10.1. The zero-order chi connectivity index (χ0) is 14.7. The number of nitrogens with zero attached hydrogens (tertiary/aromatic N) is 1. The number of hydrogen-bond donors (Lipinski definition) is 1. The number of piperazine rings is 1. The molecule has 6 heteroatoms. The predicted molar refractivity (Wildman–Crippen MR) is 79.7 cm³/mol. The van der Waals surface area contributed by atoms with Gasteiger partial charge < -0.3 is 10.2 Å². The molecule has 1 aromatic rings. The highest BCUT2D eigenvalue weighted by Crippen LogP contribution is 2.22. The average Bonchev–Trinajstić information content (AvgIpc) is 2.42. The van der Waals surface area contributed by atoms with E-state index in [1.807, 2.05) is 0 Å². The molecule has 0 spiro atoms. The molecule has 1 saturated heterocycles. The number of carbonyl (C=O) groups excluding carboxylic acids is 2. The molecule has 1 heterocycles. The number of benzene rings is 1. The summed E-state index contributed by atoms with van der Waals surface area (Å²) in [4.78, 5) is 25.1. The van der Waals surface area contributed by atoms with Gasteiger partial charge in [-0.25, -0.2) is 0 Å². The molecule has 0 radical (unpaired) electrons. The number of halogens is 2. The lowest BCUT2D eigenvalue weighted by Crippen LogP contribution is -2.55. The summed E-state index contributed by atoms with van der Waals surface area (Å²) in [5.74, 6) is -0.359. The van der Waals surface area contributed by atoms with Crippen molar-refractivity contribution in [3.05, 3.63) is 39.9 Å². The fourth-order valence-electron chi connectivity index (χ4n) is 1.98. The molecule has 106 valence electrons. The van der Waals surface area contributed by atoms with E-state index in [4.69, 9.17) is 23.2 Å². The largest absolute Gasteiger partial charge is 0.353 e. The van der Waals surface area contributed by atoms with Gasteiger partial charge in [0.1, 0.15) is 6.04 Å². The summed E-state index contributed by atoms with van der Waals surface area (Å²) in [6.07, 6.45) is 3.02. The molecule has 0 aromatic heterocycles. The Morgan fingerprint density at radius 2 is 2.20 bits per heavy atom. The van der Waals surface area contributed by atoms with Crippen LogP contribution < -0.4 is 5.32 Å². The van der Waals surface area contributed by atoms with Crippen LogP contribution >= 0.6 is 23.2 Å². The molecule has 2 amide bonds. The minimum Gasteiger partial charge on any atom is -0.353 e. The van der Waals surface area contributed by atoms with Gasteiger partial charge in [0.2, 0.25) is 11.8 Å². The van der Waals surface area contributed by atoms with Crippen molar-refractivity contribution in [3.8, 4) is 0 Å². The zero-order valence-corrected chi connectivity index (χ0v) is 12.4. The molecule has 1 N–H and O–H groups in total. The fourth-order valence-corrected chi connectivity index (χ4v) is 2.34. The van der Waals surface area contributed by atoms with Crippen molar-refractivity contribution in [1.82, 2.24) is 10.2 Å². The lowest BCUT2D eigenvalue weighted by Gasteiger charge is -2.31. The van der Waals surface area contributed by atoms with Crippen molar-refractivity contribution in [1.29, 1.82) is 0 Å². The van der Waals surface area contributed by atoms with Crippen LogP contribution in [0.25, 0.3) is 6.08 Å². The molecule has 1 fully saturated rings. The van der Waals surface area contributed by atoms with E-state index in [0.29, 0.717) is 28.7 Å². The van der Waals surface area contributed by atoms with Crippen LogP contribution in [0.2, 0.25) is 10.0 Å². The molecule has 0 aliphatic carbocycles. The van der Waals surface area contributed by atoms with Crippen LogP contribution in [0, 0.1) is 0 Å². The van der Waals surface area contributed by atoms with Gasteiger partial charge in [-0.05, 0) is 36.8 Å². The van der Waals surface area contributed by atoms with Crippen LogP contribution in [-0.4, -0.2) is 35.8 Å². The van der Waals surface area contributed by atoms with Gasteiger partial charge in [-0.2, -0.15) is 0 Å². The SMILES string of the molecule is CC1C(=O)NCCN1C(=O)C=Cc1cc(Cl)ccc1Cl. The van der Waals surface area contributed by atoms with Crippen molar-refractivity contribution in [3.63, 3.8) is 0 Å². The van der Waals surface area contributed by atoms with Crippen molar-refractivity contribution in [2.45, 2.75) is 13.0 Å². The highest BCUT2D eigenvalue weighted by molar-refractivity contribution is 6.34. The first-order valence-corrected chi connectivity index (χ1v) is 6.96. The van der Waals surface area contributed by atoms with Crippen LogP contribution in [0.5, 0.6) is 0 Å². The Bertz CT molecular complexity index is 572. The van der Waals surface area contributed by atoms with Crippen LogP contribution in [0.3, 0.4) is 0 Å². The fraction of sp³-hybridized carbons (Fsp3) is 0.286. The first kappa shape index (κ1) is 14.9. The third-order valence-corrected chi connectivity index (χ3v) is 3.72. The Kier molecular flexibility index (Phi) is 4.68. The van der Waals surface area contributed by atoms with Crippen molar-refractivity contribution >= 4 is 41.1 Å².